The van der Waals surface area contributed by atoms with Gasteiger partial charge in [0.05, 0.1) is 11.2 Å². The third kappa shape index (κ3) is 4.30. The summed E-state index contributed by atoms with van der Waals surface area (Å²) in [6, 6.07) is 25.3. The van der Waals surface area contributed by atoms with Crippen LogP contribution < -0.4 is 10.2 Å². The van der Waals surface area contributed by atoms with E-state index < -0.39 is 0 Å². The van der Waals surface area contributed by atoms with Gasteiger partial charge in [-0.25, -0.2) is 4.98 Å². The van der Waals surface area contributed by atoms with Crippen molar-refractivity contribution in [1.82, 2.24) is 4.98 Å². The maximum Gasteiger partial charge on any atom is 0.255 e. The summed E-state index contributed by atoms with van der Waals surface area (Å²) >= 11 is 3.38. The number of hydrogen-bond donors (Lipinski definition) is 1. The summed E-state index contributed by atoms with van der Waals surface area (Å²) in [5.74, 6) is -0.141. The van der Waals surface area contributed by atoms with E-state index in [1.807, 2.05) is 62.6 Å². The highest BCUT2D eigenvalue weighted by Crippen LogP contribution is 2.26. The molecule has 0 radical (unpaired) electrons. The number of anilines is 2. The number of nitrogens with one attached hydrogen (secondary N) is 1. The summed E-state index contributed by atoms with van der Waals surface area (Å²) in [6.45, 7) is 0. The molecule has 4 aromatic rings. The zero-order valence-corrected chi connectivity index (χ0v) is 17.8. The van der Waals surface area contributed by atoms with Crippen LogP contribution >= 0.6 is 15.9 Å². The Morgan fingerprint density at radius 2 is 1.72 bits per heavy atom. The Hall–Kier alpha value is -3.18. The van der Waals surface area contributed by atoms with Crippen molar-refractivity contribution in [3.05, 3.63) is 88.9 Å². The molecule has 1 N–H and O–H groups in total. The van der Waals surface area contributed by atoms with Crippen molar-refractivity contribution >= 4 is 44.1 Å². The van der Waals surface area contributed by atoms with Gasteiger partial charge in [0.2, 0.25) is 0 Å². The molecule has 5 heteroatoms. The van der Waals surface area contributed by atoms with Gasteiger partial charge in [-0.05, 0) is 60.7 Å². The third-order valence-electron chi connectivity index (χ3n) is 4.71. The van der Waals surface area contributed by atoms with Gasteiger partial charge in [-0.1, -0.05) is 34.1 Å². The molecule has 3 aromatic carbocycles. The Bertz CT molecular complexity index is 1190. The average molecular weight is 446 g/mol. The van der Waals surface area contributed by atoms with E-state index in [-0.39, 0.29) is 5.91 Å². The van der Waals surface area contributed by atoms with E-state index in [0.29, 0.717) is 5.56 Å². The Morgan fingerprint density at radius 3 is 2.48 bits per heavy atom. The topological polar surface area (TPSA) is 45.2 Å². The number of benzene rings is 3. The molecule has 144 valence electrons. The predicted molar refractivity (Wildman–Crippen MR) is 124 cm³/mol. The lowest BCUT2D eigenvalue weighted by Crippen LogP contribution is -2.11. The van der Waals surface area contributed by atoms with E-state index >= 15 is 0 Å². The van der Waals surface area contributed by atoms with E-state index in [1.165, 1.54) is 0 Å². The molecule has 0 aliphatic heterocycles. The van der Waals surface area contributed by atoms with Gasteiger partial charge >= 0.3 is 0 Å². The van der Waals surface area contributed by atoms with Crippen LogP contribution in [0.3, 0.4) is 0 Å². The van der Waals surface area contributed by atoms with Gasteiger partial charge in [0.15, 0.2) is 0 Å². The predicted octanol–water partition coefficient (Wildman–Crippen LogP) is 5.98. The number of carbonyl (C=O) groups excluding carboxylic acids is 1. The summed E-state index contributed by atoms with van der Waals surface area (Å²) in [7, 11) is 4.05. The molecule has 1 aromatic heterocycles. The van der Waals surface area contributed by atoms with Crippen LogP contribution in [0.25, 0.3) is 22.2 Å². The second kappa shape index (κ2) is 8.05. The fraction of sp³-hybridized carbons (Fsp3) is 0.0833. The maximum atomic E-state index is 12.5. The van der Waals surface area contributed by atoms with Crippen molar-refractivity contribution in [2.75, 3.05) is 24.3 Å². The summed E-state index contributed by atoms with van der Waals surface area (Å²) in [5, 5.41) is 4.05. The zero-order chi connectivity index (χ0) is 20.4. The summed E-state index contributed by atoms with van der Waals surface area (Å²) < 4.78 is 0.941. The lowest BCUT2D eigenvalue weighted by atomic mass is 10.1. The largest absolute Gasteiger partial charge is 0.378 e. The van der Waals surface area contributed by atoms with Gasteiger partial charge in [-0.2, -0.15) is 0 Å². The van der Waals surface area contributed by atoms with Gasteiger partial charge in [-0.3, -0.25) is 4.79 Å². The van der Waals surface area contributed by atoms with Gasteiger partial charge in [0.1, 0.15) is 0 Å². The van der Waals surface area contributed by atoms with Gasteiger partial charge in [-0.15, -0.1) is 0 Å². The maximum absolute atomic E-state index is 12.5. The van der Waals surface area contributed by atoms with Crippen LogP contribution in [0.4, 0.5) is 11.4 Å². The molecular weight excluding hydrogens is 426 g/mol. The smallest absolute Gasteiger partial charge is 0.255 e. The number of pyridine rings is 1. The number of halogens is 1. The summed E-state index contributed by atoms with van der Waals surface area (Å²) in [4.78, 5) is 19.4. The van der Waals surface area contributed by atoms with E-state index in [4.69, 9.17) is 4.98 Å². The quantitative estimate of drug-likeness (QED) is 0.419. The molecule has 4 nitrogen and oxygen atoms in total. The van der Waals surface area contributed by atoms with E-state index in [2.05, 4.69) is 44.3 Å². The normalized spacial score (nSPS) is 10.7. The minimum Gasteiger partial charge on any atom is -0.378 e. The van der Waals surface area contributed by atoms with Gasteiger partial charge < -0.3 is 10.2 Å². The number of rotatable bonds is 4. The molecule has 29 heavy (non-hydrogen) atoms. The fourth-order valence-corrected chi connectivity index (χ4v) is 3.38. The summed E-state index contributed by atoms with van der Waals surface area (Å²) in [5.41, 5.74) is 5.26. The first kappa shape index (κ1) is 19.2. The molecule has 0 unspecified atom stereocenters. The Morgan fingerprint density at radius 1 is 0.931 bits per heavy atom. The minimum atomic E-state index is -0.141. The van der Waals surface area contributed by atoms with Crippen LogP contribution in [0.5, 0.6) is 0 Å². The summed E-state index contributed by atoms with van der Waals surface area (Å²) in [6.07, 6.45) is 0. The number of amides is 1. The van der Waals surface area contributed by atoms with Crippen LogP contribution in [0.15, 0.2) is 83.3 Å². The second-order valence-corrected chi connectivity index (χ2v) is 7.93. The van der Waals surface area contributed by atoms with Crippen molar-refractivity contribution in [2.24, 2.45) is 0 Å². The lowest BCUT2D eigenvalue weighted by Gasteiger charge is -2.13. The molecule has 0 saturated carbocycles. The minimum absolute atomic E-state index is 0.141. The molecule has 0 aliphatic rings. The lowest BCUT2D eigenvalue weighted by molar-refractivity contribution is 0.102. The van der Waals surface area contributed by atoms with Crippen molar-refractivity contribution in [1.29, 1.82) is 0 Å². The molecule has 0 bridgehead atoms. The number of carbonyl (C=O) groups is 1. The average Bonchev–Trinajstić information content (AvgIpc) is 2.73. The number of aromatic nitrogens is 1. The first-order chi connectivity index (χ1) is 14.0. The fourth-order valence-electron chi connectivity index (χ4n) is 3.11. The van der Waals surface area contributed by atoms with E-state index in [9.17, 15) is 4.79 Å². The molecule has 1 amide bonds. The van der Waals surface area contributed by atoms with Crippen molar-refractivity contribution in [3.8, 4) is 11.3 Å². The van der Waals surface area contributed by atoms with Crippen LogP contribution in [0.2, 0.25) is 0 Å². The zero-order valence-electron chi connectivity index (χ0n) is 16.2. The molecule has 0 atom stereocenters. The monoisotopic (exact) mass is 445 g/mol. The third-order valence-corrected chi connectivity index (χ3v) is 5.24. The molecule has 4 rings (SSSR count). The van der Waals surface area contributed by atoms with Crippen LogP contribution in [0, 0.1) is 0 Å². The van der Waals surface area contributed by atoms with Crippen LogP contribution in [-0.4, -0.2) is 25.0 Å². The molecule has 0 fully saturated rings. The van der Waals surface area contributed by atoms with Crippen LogP contribution in [0.1, 0.15) is 10.4 Å². The highest BCUT2D eigenvalue weighted by Gasteiger charge is 2.08. The van der Waals surface area contributed by atoms with Crippen molar-refractivity contribution < 1.29 is 4.79 Å². The molecular formula is C24H20BrN3O. The van der Waals surface area contributed by atoms with E-state index in [1.54, 1.807) is 12.1 Å². The molecule has 0 spiro atoms. The van der Waals surface area contributed by atoms with Crippen molar-refractivity contribution in [2.45, 2.75) is 0 Å². The van der Waals surface area contributed by atoms with Crippen LogP contribution in [-0.2, 0) is 0 Å². The first-order valence-corrected chi connectivity index (χ1v) is 10.0. The number of fused-ring (bicyclic) bond motifs is 1. The SMILES string of the molecule is CN(C)c1ccc2nc(-c3cccc(NC(=O)c4ccc(Br)cc4)c3)ccc2c1. The molecule has 1 heterocycles. The van der Waals surface area contributed by atoms with E-state index in [0.717, 1.165) is 38.0 Å². The first-order valence-electron chi connectivity index (χ1n) is 9.25. The van der Waals surface area contributed by atoms with Crippen molar-refractivity contribution in [3.63, 3.8) is 0 Å². The number of nitrogens with zero attached hydrogens (tertiary/aromatic N) is 2. The standard InChI is InChI=1S/C24H20BrN3O/c1-28(2)21-11-13-23-18(15-21)8-12-22(27-23)17-4-3-5-20(14-17)26-24(29)16-6-9-19(25)10-7-16/h3-15H,1-2H3,(H,26,29). The Kier molecular flexibility index (Phi) is 5.32. The Balaban J connectivity index is 1.60. The molecule has 0 aliphatic carbocycles. The highest BCUT2D eigenvalue weighted by molar-refractivity contribution is 9.10. The van der Waals surface area contributed by atoms with Gasteiger partial charge in [0.25, 0.3) is 5.91 Å². The second-order valence-electron chi connectivity index (χ2n) is 7.01. The van der Waals surface area contributed by atoms with Gasteiger partial charge in [0, 0.05) is 46.5 Å². The molecule has 0 saturated heterocycles. The Labute approximate surface area is 178 Å². The highest BCUT2D eigenvalue weighted by atomic mass is 79.9. The number of hydrogen-bond acceptors (Lipinski definition) is 3.